The molecule has 3 nitrogen and oxygen atoms in total. The first-order valence-electron chi connectivity index (χ1n) is 6.15. The van der Waals surface area contributed by atoms with E-state index in [4.69, 9.17) is 0 Å². The minimum Gasteiger partial charge on any atom is -0.391 e. The Balaban J connectivity index is 2.05. The molecular formula is C12H21NO2. The van der Waals surface area contributed by atoms with E-state index in [0.717, 1.165) is 32.2 Å². The quantitative estimate of drug-likeness (QED) is 0.753. The van der Waals surface area contributed by atoms with Gasteiger partial charge in [-0.2, -0.15) is 0 Å². The van der Waals surface area contributed by atoms with Crippen LogP contribution in [0.25, 0.3) is 0 Å². The maximum absolute atomic E-state index is 12.4. The number of β-amino-alcohol motifs (C(OH)–C–C–N with tert-alkyl or cyclic N) is 1. The van der Waals surface area contributed by atoms with Crippen LogP contribution in [0, 0.1) is 5.41 Å². The predicted molar refractivity (Wildman–Crippen MR) is 58.4 cm³/mol. The Bertz CT molecular complexity index is 246. The summed E-state index contributed by atoms with van der Waals surface area (Å²) >= 11 is 0. The van der Waals surface area contributed by atoms with Gasteiger partial charge in [-0.15, -0.1) is 0 Å². The van der Waals surface area contributed by atoms with Crippen LogP contribution in [0.4, 0.5) is 0 Å². The van der Waals surface area contributed by atoms with Crippen LogP contribution < -0.4 is 0 Å². The smallest absolute Gasteiger partial charge is 0.228 e. The maximum Gasteiger partial charge on any atom is 0.228 e. The van der Waals surface area contributed by atoms with E-state index in [2.05, 4.69) is 6.92 Å². The molecule has 0 aromatic heterocycles. The highest BCUT2D eigenvalue weighted by molar-refractivity contribution is 5.83. The van der Waals surface area contributed by atoms with E-state index in [1.54, 1.807) is 0 Å². The largest absolute Gasteiger partial charge is 0.391 e. The van der Waals surface area contributed by atoms with Gasteiger partial charge in [0.2, 0.25) is 5.91 Å². The highest BCUT2D eigenvalue weighted by Gasteiger charge is 2.43. The van der Waals surface area contributed by atoms with E-state index >= 15 is 0 Å². The number of amides is 1. The van der Waals surface area contributed by atoms with E-state index in [1.807, 2.05) is 4.90 Å². The van der Waals surface area contributed by atoms with Crippen LogP contribution in [0.1, 0.15) is 45.4 Å². The second-order valence-electron chi connectivity index (χ2n) is 5.03. The summed E-state index contributed by atoms with van der Waals surface area (Å²) in [5.74, 6) is 0.305. The normalized spacial score (nSPS) is 29.7. The van der Waals surface area contributed by atoms with E-state index in [0.29, 0.717) is 12.5 Å². The molecule has 1 heterocycles. The van der Waals surface area contributed by atoms with Crippen LogP contribution in [0.2, 0.25) is 0 Å². The van der Waals surface area contributed by atoms with Crippen LogP contribution in [0.5, 0.6) is 0 Å². The lowest BCUT2D eigenvalue weighted by atomic mass is 9.82. The molecule has 0 spiro atoms. The summed E-state index contributed by atoms with van der Waals surface area (Å²) in [5.41, 5.74) is -0.0793. The Kier molecular flexibility index (Phi) is 3.01. The Morgan fingerprint density at radius 1 is 1.47 bits per heavy atom. The zero-order chi connectivity index (χ0) is 10.9. The number of nitrogens with zero attached hydrogens (tertiary/aromatic N) is 1. The van der Waals surface area contributed by atoms with Gasteiger partial charge in [0.15, 0.2) is 0 Å². The van der Waals surface area contributed by atoms with Crippen molar-refractivity contribution >= 4 is 5.91 Å². The molecule has 1 amide bonds. The van der Waals surface area contributed by atoms with Gasteiger partial charge in [0, 0.05) is 18.5 Å². The zero-order valence-corrected chi connectivity index (χ0v) is 9.54. The molecule has 86 valence electrons. The number of aliphatic hydroxyl groups excluding tert-OH is 1. The molecule has 0 unspecified atom stereocenters. The van der Waals surface area contributed by atoms with Crippen LogP contribution in [0.15, 0.2) is 0 Å². The van der Waals surface area contributed by atoms with Gasteiger partial charge >= 0.3 is 0 Å². The molecule has 2 fully saturated rings. The fourth-order valence-corrected chi connectivity index (χ4v) is 3.03. The van der Waals surface area contributed by atoms with E-state index in [9.17, 15) is 9.90 Å². The van der Waals surface area contributed by atoms with Gasteiger partial charge in [0.1, 0.15) is 0 Å². The monoisotopic (exact) mass is 211 g/mol. The van der Waals surface area contributed by atoms with Crippen molar-refractivity contribution in [3.8, 4) is 0 Å². The number of hydrogen-bond acceptors (Lipinski definition) is 2. The highest BCUT2D eigenvalue weighted by Crippen LogP contribution is 2.42. The van der Waals surface area contributed by atoms with Crippen molar-refractivity contribution in [3.63, 3.8) is 0 Å². The van der Waals surface area contributed by atoms with Crippen molar-refractivity contribution in [3.05, 3.63) is 0 Å². The zero-order valence-electron chi connectivity index (χ0n) is 9.54. The molecule has 0 radical (unpaired) electrons. The van der Waals surface area contributed by atoms with Gasteiger partial charge in [0.05, 0.1) is 6.10 Å². The summed E-state index contributed by atoms with van der Waals surface area (Å²) in [5, 5.41) is 9.45. The third-order valence-electron chi connectivity index (χ3n) is 4.14. The summed E-state index contributed by atoms with van der Waals surface area (Å²) < 4.78 is 0. The topological polar surface area (TPSA) is 40.5 Å². The third-order valence-corrected chi connectivity index (χ3v) is 4.14. The molecule has 15 heavy (non-hydrogen) atoms. The molecule has 0 aromatic carbocycles. The van der Waals surface area contributed by atoms with Crippen LogP contribution in [0.3, 0.4) is 0 Å². The maximum atomic E-state index is 12.4. The van der Waals surface area contributed by atoms with Gasteiger partial charge in [-0.3, -0.25) is 4.79 Å². The Morgan fingerprint density at radius 2 is 2.13 bits per heavy atom. The molecule has 1 saturated heterocycles. The van der Waals surface area contributed by atoms with Crippen LogP contribution >= 0.6 is 0 Å². The number of carbonyl (C=O) groups is 1. The van der Waals surface area contributed by atoms with Crippen molar-refractivity contribution in [2.45, 2.75) is 51.6 Å². The van der Waals surface area contributed by atoms with E-state index in [1.165, 1.54) is 12.8 Å². The lowest BCUT2D eigenvalue weighted by Gasteiger charge is -2.31. The van der Waals surface area contributed by atoms with Crippen molar-refractivity contribution in [2.75, 3.05) is 13.1 Å². The van der Waals surface area contributed by atoms with E-state index in [-0.39, 0.29) is 11.5 Å². The first-order chi connectivity index (χ1) is 7.18. The fourth-order valence-electron chi connectivity index (χ4n) is 3.03. The number of likely N-dealkylation sites (tertiary alicyclic amines) is 1. The van der Waals surface area contributed by atoms with Crippen LogP contribution in [-0.4, -0.2) is 35.1 Å². The Hall–Kier alpha value is -0.570. The first kappa shape index (κ1) is 10.9. The standard InChI is InChI=1S/C12H21NO2/c1-2-12(6-3-4-7-12)11(15)13-8-5-10(14)9-13/h10,14H,2-9H2,1H3/t10-/m1/s1. The van der Waals surface area contributed by atoms with Crippen molar-refractivity contribution < 1.29 is 9.90 Å². The molecule has 1 N–H and O–H groups in total. The van der Waals surface area contributed by atoms with Gasteiger partial charge in [-0.05, 0) is 25.7 Å². The summed E-state index contributed by atoms with van der Waals surface area (Å²) in [4.78, 5) is 14.2. The Labute approximate surface area is 91.5 Å². The fraction of sp³-hybridized carbons (Fsp3) is 0.917. The summed E-state index contributed by atoms with van der Waals surface area (Å²) in [6.07, 6.45) is 5.91. The molecule has 0 aromatic rings. The van der Waals surface area contributed by atoms with Gasteiger partial charge in [-0.1, -0.05) is 19.8 Å². The number of rotatable bonds is 2. The third kappa shape index (κ3) is 1.89. The molecule has 1 aliphatic heterocycles. The molecule has 2 aliphatic rings. The molecule has 1 atom stereocenters. The second-order valence-corrected chi connectivity index (χ2v) is 5.03. The molecule has 2 rings (SSSR count). The first-order valence-corrected chi connectivity index (χ1v) is 6.15. The molecular weight excluding hydrogens is 190 g/mol. The SMILES string of the molecule is CCC1(C(=O)N2CC[C@@H](O)C2)CCCC1. The Morgan fingerprint density at radius 3 is 2.60 bits per heavy atom. The number of carbonyl (C=O) groups excluding carboxylic acids is 1. The average Bonchev–Trinajstić information content (AvgIpc) is 2.86. The lowest BCUT2D eigenvalue weighted by Crippen LogP contribution is -2.41. The molecule has 1 saturated carbocycles. The van der Waals surface area contributed by atoms with Gasteiger partial charge in [-0.25, -0.2) is 0 Å². The van der Waals surface area contributed by atoms with Gasteiger partial charge < -0.3 is 10.0 Å². The second kappa shape index (κ2) is 4.12. The molecule has 0 bridgehead atoms. The molecule has 3 heteroatoms. The van der Waals surface area contributed by atoms with Gasteiger partial charge in [0.25, 0.3) is 0 Å². The van der Waals surface area contributed by atoms with Crippen molar-refractivity contribution in [1.29, 1.82) is 0 Å². The minimum absolute atomic E-state index is 0.0793. The summed E-state index contributed by atoms with van der Waals surface area (Å²) in [7, 11) is 0. The summed E-state index contributed by atoms with van der Waals surface area (Å²) in [6.45, 7) is 3.43. The van der Waals surface area contributed by atoms with Crippen LogP contribution in [-0.2, 0) is 4.79 Å². The summed E-state index contributed by atoms with van der Waals surface area (Å²) in [6, 6.07) is 0. The number of aliphatic hydroxyl groups is 1. The van der Waals surface area contributed by atoms with Crippen molar-refractivity contribution in [1.82, 2.24) is 4.90 Å². The minimum atomic E-state index is -0.288. The number of hydrogen-bond donors (Lipinski definition) is 1. The molecule has 1 aliphatic carbocycles. The highest BCUT2D eigenvalue weighted by atomic mass is 16.3. The lowest BCUT2D eigenvalue weighted by molar-refractivity contribution is -0.141. The average molecular weight is 211 g/mol. The van der Waals surface area contributed by atoms with Crippen molar-refractivity contribution in [2.24, 2.45) is 5.41 Å². The predicted octanol–water partition coefficient (Wildman–Crippen LogP) is 1.55. The van der Waals surface area contributed by atoms with E-state index < -0.39 is 0 Å².